The maximum absolute atomic E-state index is 12.2. The van der Waals surface area contributed by atoms with Crippen molar-refractivity contribution in [2.75, 3.05) is 13.2 Å². The van der Waals surface area contributed by atoms with Gasteiger partial charge in [-0.1, -0.05) is 37.6 Å². The Balaban J connectivity index is 1.54. The first kappa shape index (κ1) is 18.2. The molecule has 1 saturated heterocycles. The molecular formula is C20H31N3O2. The number of benzene rings is 1. The second kappa shape index (κ2) is 8.68. The monoisotopic (exact) mass is 345 g/mol. The number of aliphatic hydroxyl groups is 1. The third-order valence-corrected chi connectivity index (χ3v) is 5.82. The van der Waals surface area contributed by atoms with Crippen molar-refractivity contribution in [3.63, 3.8) is 0 Å². The molecule has 2 amide bonds. The number of amides is 2. The van der Waals surface area contributed by atoms with Crippen molar-refractivity contribution in [3.05, 3.63) is 35.4 Å². The van der Waals surface area contributed by atoms with Crippen LogP contribution in [0.4, 0.5) is 4.79 Å². The van der Waals surface area contributed by atoms with E-state index in [0.717, 1.165) is 37.9 Å². The summed E-state index contributed by atoms with van der Waals surface area (Å²) in [5.74, 6) is 0.573. The lowest BCUT2D eigenvalue weighted by Crippen LogP contribution is -2.43. The summed E-state index contributed by atoms with van der Waals surface area (Å²) in [5.41, 5.74) is 2.39. The second-order valence-electron chi connectivity index (χ2n) is 7.56. The lowest BCUT2D eigenvalue weighted by atomic mass is 10.1. The van der Waals surface area contributed by atoms with Gasteiger partial charge in [0.05, 0.1) is 6.61 Å². The Morgan fingerprint density at radius 2 is 2.00 bits per heavy atom. The van der Waals surface area contributed by atoms with E-state index >= 15 is 0 Å². The summed E-state index contributed by atoms with van der Waals surface area (Å²) >= 11 is 0. The molecule has 3 atom stereocenters. The first-order valence-corrected chi connectivity index (χ1v) is 9.63. The minimum atomic E-state index is -0.0667. The summed E-state index contributed by atoms with van der Waals surface area (Å²) in [6, 6.07) is 8.79. The Kier molecular flexibility index (Phi) is 6.32. The highest BCUT2D eigenvalue weighted by molar-refractivity contribution is 5.74. The molecule has 0 bridgehead atoms. The van der Waals surface area contributed by atoms with Crippen LogP contribution in [0, 0.1) is 5.92 Å². The molecule has 1 aliphatic carbocycles. The maximum Gasteiger partial charge on any atom is 0.315 e. The molecule has 1 aromatic carbocycles. The fourth-order valence-corrected chi connectivity index (χ4v) is 4.17. The smallest absolute Gasteiger partial charge is 0.315 e. The quantitative estimate of drug-likeness (QED) is 0.743. The first-order valence-electron chi connectivity index (χ1n) is 9.63. The van der Waals surface area contributed by atoms with Gasteiger partial charge in [-0.3, -0.25) is 4.90 Å². The van der Waals surface area contributed by atoms with Crippen LogP contribution in [-0.2, 0) is 13.1 Å². The average Bonchev–Trinajstić information content (AvgIpc) is 3.23. The fourth-order valence-electron chi connectivity index (χ4n) is 4.17. The third-order valence-electron chi connectivity index (χ3n) is 5.82. The van der Waals surface area contributed by atoms with E-state index in [1.165, 1.54) is 18.4 Å². The summed E-state index contributed by atoms with van der Waals surface area (Å²) in [5, 5.41) is 15.6. The van der Waals surface area contributed by atoms with Gasteiger partial charge in [0.1, 0.15) is 0 Å². The maximum atomic E-state index is 12.2. The van der Waals surface area contributed by atoms with Crippen LogP contribution in [-0.4, -0.2) is 41.3 Å². The van der Waals surface area contributed by atoms with Crippen molar-refractivity contribution in [3.8, 4) is 0 Å². The van der Waals surface area contributed by atoms with Gasteiger partial charge in [0.2, 0.25) is 0 Å². The van der Waals surface area contributed by atoms with Crippen LogP contribution in [0.2, 0.25) is 0 Å². The van der Waals surface area contributed by atoms with Crippen molar-refractivity contribution in [1.82, 2.24) is 15.5 Å². The van der Waals surface area contributed by atoms with Gasteiger partial charge in [0.25, 0.3) is 0 Å². The Bertz CT molecular complexity index is 578. The normalized spacial score (nSPS) is 26.7. The molecule has 5 nitrogen and oxygen atoms in total. The highest BCUT2D eigenvalue weighted by Gasteiger charge is 2.25. The van der Waals surface area contributed by atoms with Crippen LogP contribution in [0.3, 0.4) is 0 Å². The minimum absolute atomic E-state index is 0.0667. The molecule has 1 aliphatic heterocycles. The van der Waals surface area contributed by atoms with Gasteiger partial charge in [-0.25, -0.2) is 4.79 Å². The lowest BCUT2D eigenvalue weighted by Gasteiger charge is -2.24. The van der Waals surface area contributed by atoms with E-state index < -0.39 is 0 Å². The summed E-state index contributed by atoms with van der Waals surface area (Å²) in [6.45, 7) is 4.85. The molecular weight excluding hydrogens is 314 g/mol. The Morgan fingerprint density at radius 3 is 2.72 bits per heavy atom. The third kappa shape index (κ3) is 4.73. The standard InChI is InChI=1S/C20H31N3O2/c1-15-6-4-10-19(15)22-20(25)21-12-16-7-2-3-8-17(16)13-23-11-5-9-18(23)14-24/h2-3,7-8,15,18-19,24H,4-6,9-14H2,1H3,(H2,21,22,25)/t15-,18-,19-/m1/s1. The molecule has 2 aliphatic rings. The molecule has 0 aromatic heterocycles. The number of carbonyl (C=O) groups excluding carboxylic acids is 1. The van der Waals surface area contributed by atoms with Crippen molar-refractivity contribution >= 4 is 6.03 Å². The molecule has 0 radical (unpaired) electrons. The number of aliphatic hydroxyl groups excluding tert-OH is 1. The summed E-state index contributed by atoms with van der Waals surface area (Å²) in [6.07, 6.45) is 5.71. The van der Waals surface area contributed by atoms with Crippen LogP contribution >= 0.6 is 0 Å². The lowest BCUT2D eigenvalue weighted by molar-refractivity contribution is 0.153. The zero-order valence-corrected chi connectivity index (χ0v) is 15.2. The summed E-state index contributed by atoms with van der Waals surface area (Å²) in [7, 11) is 0. The van der Waals surface area contributed by atoms with Crippen molar-refractivity contribution < 1.29 is 9.90 Å². The molecule has 3 rings (SSSR count). The molecule has 3 N–H and O–H groups in total. The Morgan fingerprint density at radius 1 is 1.20 bits per heavy atom. The van der Waals surface area contributed by atoms with Gasteiger partial charge in [0.15, 0.2) is 0 Å². The number of rotatable bonds is 6. The number of nitrogens with zero attached hydrogens (tertiary/aromatic N) is 1. The Labute approximate surface area is 150 Å². The van der Waals surface area contributed by atoms with E-state index in [1.54, 1.807) is 0 Å². The zero-order valence-electron chi connectivity index (χ0n) is 15.2. The predicted octanol–water partition coefficient (Wildman–Crippen LogP) is 2.63. The molecule has 2 fully saturated rings. The molecule has 1 aromatic rings. The number of nitrogens with one attached hydrogen (secondary N) is 2. The van der Waals surface area contributed by atoms with Crippen LogP contribution < -0.4 is 10.6 Å². The van der Waals surface area contributed by atoms with E-state index in [1.807, 2.05) is 12.1 Å². The molecule has 0 spiro atoms. The predicted molar refractivity (Wildman–Crippen MR) is 99.1 cm³/mol. The van der Waals surface area contributed by atoms with Crippen LogP contribution in [0.25, 0.3) is 0 Å². The van der Waals surface area contributed by atoms with Crippen molar-refractivity contribution in [2.24, 2.45) is 5.92 Å². The molecule has 138 valence electrons. The van der Waals surface area contributed by atoms with Gasteiger partial charge in [-0.2, -0.15) is 0 Å². The van der Waals surface area contributed by atoms with E-state index in [2.05, 4.69) is 34.6 Å². The van der Waals surface area contributed by atoms with Crippen LogP contribution in [0.1, 0.15) is 50.2 Å². The van der Waals surface area contributed by atoms with E-state index in [9.17, 15) is 9.90 Å². The van der Waals surface area contributed by atoms with Crippen molar-refractivity contribution in [2.45, 2.75) is 64.2 Å². The van der Waals surface area contributed by atoms with Gasteiger partial charge in [0, 0.05) is 25.2 Å². The van der Waals surface area contributed by atoms with Gasteiger partial charge in [-0.15, -0.1) is 0 Å². The second-order valence-corrected chi connectivity index (χ2v) is 7.56. The summed E-state index contributed by atoms with van der Waals surface area (Å²) < 4.78 is 0. The zero-order chi connectivity index (χ0) is 17.6. The molecule has 0 unspecified atom stereocenters. The van der Waals surface area contributed by atoms with E-state index in [-0.39, 0.29) is 18.7 Å². The van der Waals surface area contributed by atoms with Gasteiger partial charge >= 0.3 is 6.03 Å². The SMILES string of the molecule is C[C@@H]1CCC[C@H]1NC(=O)NCc1ccccc1CN1CCC[C@@H]1CO. The highest BCUT2D eigenvalue weighted by atomic mass is 16.3. The minimum Gasteiger partial charge on any atom is -0.395 e. The summed E-state index contributed by atoms with van der Waals surface area (Å²) in [4.78, 5) is 14.6. The Hall–Kier alpha value is -1.59. The van der Waals surface area contributed by atoms with Gasteiger partial charge in [-0.05, 0) is 49.3 Å². The number of likely N-dealkylation sites (tertiary alicyclic amines) is 1. The number of hydrogen-bond donors (Lipinski definition) is 3. The fraction of sp³-hybridized carbons (Fsp3) is 0.650. The van der Waals surface area contributed by atoms with E-state index in [0.29, 0.717) is 18.5 Å². The average molecular weight is 345 g/mol. The highest BCUT2D eigenvalue weighted by Crippen LogP contribution is 2.24. The first-order chi connectivity index (χ1) is 12.2. The number of hydrogen-bond acceptors (Lipinski definition) is 3. The van der Waals surface area contributed by atoms with Crippen LogP contribution in [0.15, 0.2) is 24.3 Å². The largest absolute Gasteiger partial charge is 0.395 e. The number of urea groups is 1. The van der Waals surface area contributed by atoms with Gasteiger partial charge < -0.3 is 15.7 Å². The number of carbonyl (C=O) groups is 1. The van der Waals surface area contributed by atoms with Crippen molar-refractivity contribution in [1.29, 1.82) is 0 Å². The molecule has 25 heavy (non-hydrogen) atoms. The molecule has 1 saturated carbocycles. The molecule has 1 heterocycles. The molecule has 5 heteroatoms. The van der Waals surface area contributed by atoms with E-state index in [4.69, 9.17) is 0 Å². The van der Waals surface area contributed by atoms with Crippen LogP contribution in [0.5, 0.6) is 0 Å². The topological polar surface area (TPSA) is 64.6 Å².